The number of anilines is 1. The number of nitrogens with zero attached hydrogens (tertiary/aromatic N) is 1. The maximum absolute atomic E-state index is 13.3. The maximum atomic E-state index is 13.3. The number of carbonyl (C=O) groups is 4. The molecule has 3 unspecified atom stereocenters. The fourth-order valence-electron chi connectivity index (χ4n) is 5.18. The molecular formula is C27H46N2O10. The van der Waals surface area contributed by atoms with Crippen molar-refractivity contribution in [3.8, 4) is 5.75 Å². The van der Waals surface area contributed by atoms with Gasteiger partial charge in [0.25, 0.3) is 0 Å². The standard InChI is InChI=1S/C27H40N2O9.H2O.2H2/c1-29(2)21-13-18(4-5-25(35)38-9-8-37-3)27(36)26-19(21)11-16(12-23(26)33)10-17(6-7-30)20(15-31)22(32)14-24(28)34;;;/h13,16-17,20,30-31,36H,4-12,14-15H2,1-3H3,(H2,28,34);1H2;2*1H. The smallest absolute Gasteiger partial charge is 0.306 e. The van der Waals surface area contributed by atoms with Crippen LogP contribution < -0.4 is 10.6 Å². The van der Waals surface area contributed by atoms with Crippen LogP contribution in [0.5, 0.6) is 5.75 Å². The van der Waals surface area contributed by atoms with Crippen molar-refractivity contribution in [2.45, 2.75) is 44.9 Å². The number of amides is 1. The summed E-state index contributed by atoms with van der Waals surface area (Å²) in [5.41, 5.74) is 7.27. The lowest BCUT2D eigenvalue weighted by atomic mass is 9.73. The van der Waals surface area contributed by atoms with Crippen LogP contribution >= 0.6 is 0 Å². The van der Waals surface area contributed by atoms with Crippen LogP contribution in [0.4, 0.5) is 5.69 Å². The number of aliphatic hydroxyl groups is 2. The second kappa shape index (κ2) is 16.1. The number of rotatable bonds is 16. The molecule has 1 amide bonds. The highest BCUT2D eigenvalue weighted by molar-refractivity contribution is 6.03. The zero-order valence-corrected chi connectivity index (χ0v) is 22.9. The molecule has 39 heavy (non-hydrogen) atoms. The van der Waals surface area contributed by atoms with Crippen molar-refractivity contribution in [3.05, 3.63) is 22.8 Å². The first-order chi connectivity index (χ1) is 18.0. The number of primary amides is 1. The largest absolute Gasteiger partial charge is 0.507 e. The highest BCUT2D eigenvalue weighted by Gasteiger charge is 2.36. The van der Waals surface area contributed by atoms with Crippen LogP contribution in [0.15, 0.2) is 6.07 Å². The number of Topliss-reactive ketones (excluding diaryl/α,β-unsaturated/α-hetero) is 2. The molecule has 12 heteroatoms. The number of aliphatic hydroxyl groups excluding tert-OH is 2. The third-order valence-corrected chi connectivity index (χ3v) is 7.00. The number of phenolic OH excluding ortho intramolecular Hbond substituents is 1. The van der Waals surface area contributed by atoms with E-state index in [0.29, 0.717) is 24.0 Å². The Morgan fingerprint density at radius 3 is 2.46 bits per heavy atom. The molecule has 2 rings (SSSR count). The molecule has 12 nitrogen and oxygen atoms in total. The molecule has 0 radical (unpaired) electrons. The van der Waals surface area contributed by atoms with Crippen molar-refractivity contribution >= 4 is 29.1 Å². The molecule has 1 aromatic carbocycles. The molecule has 7 N–H and O–H groups in total. The average molecular weight is 559 g/mol. The van der Waals surface area contributed by atoms with Gasteiger partial charge in [-0.1, -0.05) is 0 Å². The Balaban J connectivity index is 0. The number of benzene rings is 1. The number of aromatic hydroxyl groups is 1. The first-order valence-electron chi connectivity index (χ1n) is 12.8. The number of ether oxygens (including phenoxy) is 2. The van der Waals surface area contributed by atoms with Gasteiger partial charge >= 0.3 is 5.97 Å². The number of hydrogen-bond acceptors (Lipinski definition) is 10. The van der Waals surface area contributed by atoms with Gasteiger partial charge in [-0.3, -0.25) is 19.2 Å². The Morgan fingerprint density at radius 2 is 1.90 bits per heavy atom. The van der Waals surface area contributed by atoms with Crippen LogP contribution in [0.2, 0.25) is 0 Å². The van der Waals surface area contributed by atoms with Crippen LogP contribution in [0.1, 0.15) is 56.4 Å². The van der Waals surface area contributed by atoms with Gasteiger partial charge in [0, 0.05) is 55.1 Å². The van der Waals surface area contributed by atoms with E-state index in [1.807, 2.05) is 19.0 Å². The molecule has 3 atom stereocenters. The van der Waals surface area contributed by atoms with Crippen molar-refractivity contribution in [2.75, 3.05) is 52.5 Å². The Morgan fingerprint density at radius 1 is 1.21 bits per heavy atom. The lowest BCUT2D eigenvalue weighted by Gasteiger charge is -2.33. The summed E-state index contributed by atoms with van der Waals surface area (Å²) in [5.74, 6) is -3.64. The van der Waals surface area contributed by atoms with Gasteiger partial charge < -0.3 is 40.9 Å². The number of phenols is 1. The molecule has 0 aliphatic heterocycles. The van der Waals surface area contributed by atoms with Crippen LogP contribution in [0.25, 0.3) is 0 Å². The monoisotopic (exact) mass is 558 g/mol. The van der Waals surface area contributed by atoms with Crippen LogP contribution in [-0.4, -0.2) is 91.9 Å². The van der Waals surface area contributed by atoms with Gasteiger partial charge in [-0.05, 0) is 54.7 Å². The number of ketones is 2. The number of nitrogens with two attached hydrogens (primary N) is 1. The Labute approximate surface area is 231 Å². The normalized spacial score (nSPS) is 16.0. The van der Waals surface area contributed by atoms with Crippen molar-refractivity contribution in [1.29, 1.82) is 0 Å². The van der Waals surface area contributed by atoms with Crippen molar-refractivity contribution in [2.24, 2.45) is 23.5 Å². The summed E-state index contributed by atoms with van der Waals surface area (Å²) in [6.07, 6.45) is 0.862. The number of aryl methyl sites for hydroxylation is 1. The third kappa shape index (κ3) is 9.27. The highest BCUT2D eigenvalue weighted by Crippen LogP contribution is 2.42. The lowest BCUT2D eigenvalue weighted by Crippen LogP contribution is -2.34. The van der Waals surface area contributed by atoms with E-state index in [1.165, 1.54) is 7.11 Å². The molecular weight excluding hydrogens is 512 g/mol. The second-order valence-electron chi connectivity index (χ2n) is 9.97. The van der Waals surface area contributed by atoms with Crippen molar-refractivity contribution in [3.63, 3.8) is 0 Å². The molecule has 224 valence electrons. The van der Waals surface area contributed by atoms with Gasteiger partial charge in [-0.2, -0.15) is 0 Å². The Bertz CT molecular complexity index is 1020. The molecule has 0 saturated carbocycles. The first-order valence-corrected chi connectivity index (χ1v) is 12.8. The summed E-state index contributed by atoms with van der Waals surface area (Å²) in [6.45, 7) is -0.289. The lowest BCUT2D eigenvalue weighted by molar-refractivity contribution is -0.144. The van der Waals surface area contributed by atoms with Crippen molar-refractivity contribution < 1.29 is 52.3 Å². The molecule has 1 aliphatic rings. The number of methoxy groups -OCH3 is 1. The third-order valence-electron chi connectivity index (χ3n) is 7.00. The van der Waals surface area contributed by atoms with Gasteiger partial charge in [0.05, 0.1) is 25.2 Å². The van der Waals surface area contributed by atoms with Crippen molar-refractivity contribution in [1.82, 2.24) is 0 Å². The van der Waals surface area contributed by atoms with E-state index in [2.05, 4.69) is 0 Å². The Kier molecular flexibility index (Phi) is 14.1. The Hall–Kier alpha value is -3.06. The fraction of sp³-hybridized carbons (Fsp3) is 0.630. The number of fused-ring (bicyclic) bond motifs is 1. The summed E-state index contributed by atoms with van der Waals surface area (Å²) in [4.78, 5) is 51.0. The zero-order chi connectivity index (χ0) is 28.4. The molecule has 0 saturated heterocycles. The molecule has 1 aromatic rings. The highest BCUT2D eigenvalue weighted by atomic mass is 16.6. The van der Waals surface area contributed by atoms with E-state index >= 15 is 0 Å². The van der Waals surface area contributed by atoms with Gasteiger partial charge in [0.1, 0.15) is 18.1 Å². The molecule has 0 heterocycles. The molecule has 0 fully saturated rings. The second-order valence-corrected chi connectivity index (χ2v) is 9.97. The van der Waals surface area contributed by atoms with Gasteiger partial charge in [-0.15, -0.1) is 0 Å². The summed E-state index contributed by atoms with van der Waals surface area (Å²) in [7, 11) is 5.15. The zero-order valence-electron chi connectivity index (χ0n) is 22.9. The first kappa shape index (κ1) is 34.0. The van der Waals surface area contributed by atoms with E-state index in [0.717, 1.165) is 5.69 Å². The number of carbonyl (C=O) groups excluding carboxylic acids is 4. The van der Waals surface area contributed by atoms with E-state index in [-0.39, 0.29) is 76.8 Å². The van der Waals surface area contributed by atoms with Gasteiger partial charge in [-0.25, -0.2) is 0 Å². The van der Waals surface area contributed by atoms with Crippen LogP contribution in [0.3, 0.4) is 0 Å². The summed E-state index contributed by atoms with van der Waals surface area (Å²) in [6, 6.07) is 1.77. The summed E-state index contributed by atoms with van der Waals surface area (Å²) < 4.78 is 9.95. The summed E-state index contributed by atoms with van der Waals surface area (Å²) >= 11 is 0. The van der Waals surface area contributed by atoms with E-state index in [9.17, 15) is 34.5 Å². The number of esters is 1. The van der Waals surface area contributed by atoms with Gasteiger partial charge in [0.15, 0.2) is 5.78 Å². The van der Waals surface area contributed by atoms with E-state index in [4.69, 9.17) is 15.2 Å². The minimum Gasteiger partial charge on any atom is -0.507 e. The quantitative estimate of drug-likeness (QED) is 0.125. The average Bonchev–Trinajstić information content (AvgIpc) is 2.83. The predicted molar refractivity (Wildman–Crippen MR) is 147 cm³/mol. The molecule has 1 aliphatic carbocycles. The van der Waals surface area contributed by atoms with E-state index in [1.54, 1.807) is 6.07 Å². The topological polar surface area (TPSA) is 208 Å². The van der Waals surface area contributed by atoms with Gasteiger partial charge in [0.2, 0.25) is 5.91 Å². The van der Waals surface area contributed by atoms with Crippen LogP contribution in [0, 0.1) is 17.8 Å². The molecule has 0 spiro atoms. The van der Waals surface area contributed by atoms with Crippen LogP contribution in [-0.2, 0) is 36.7 Å². The SMILES string of the molecule is COCCOC(=O)CCc1cc(N(C)C)c2c(c1O)C(=O)CC(CC(CCO)C(CO)C(=O)CC(N)=O)C2.O.[HH].[HH]. The minimum atomic E-state index is -0.876. The predicted octanol–water partition coefficient (Wildman–Crippen LogP) is 0.435. The number of hydrogen-bond donors (Lipinski definition) is 4. The van der Waals surface area contributed by atoms with E-state index < -0.39 is 42.5 Å². The minimum absolute atomic E-state index is 0. The maximum Gasteiger partial charge on any atom is 0.306 e. The fourth-order valence-corrected chi connectivity index (χ4v) is 5.18. The summed E-state index contributed by atoms with van der Waals surface area (Å²) in [5, 5.41) is 30.5. The molecule has 0 bridgehead atoms. The molecule has 0 aromatic heterocycles.